The zero-order chi connectivity index (χ0) is 8.10. The van der Waals surface area contributed by atoms with Crippen LogP contribution in [0.25, 0.3) is 0 Å². The van der Waals surface area contributed by atoms with Crippen molar-refractivity contribution in [1.29, 1.82) is 0 Å². The van der Waals surface area contributed by atoms with Crippen LogP contribution in [0, 0.1) is 0 Å². The second-order valence-corrected chi connectivity index (χ2v) is 1.78. The van der Waals surface area contributed by atoms with Gasteiger partial charge in [-0.3, -0.25) is 4.99 Å². The highest BCUT2D eigenvalue weighted by molar-refractivity contribution is 5.91. The minimum Gasteiger partial charge on any atom is -0.476 e. The molecule has 4 nitrogen and oxygen atoms in total. The van der Waals surface area contributed by atoms with E-state index < -0.39 is 5.97 Å². The minimum absolute atomic E-state index is 0.0643. The van der Waals surface area contributed by atoms with Gasteiger partial charge >= 0.3 is 5.97 Å². The molecule has 0 radical (unpaired) electrons. The summed E-state index contributed by atoms with van der Waals surface area (Å²) in [4.78, 5) is 17.6. The Bertz CT molecular complexity index is 274. The second-order valence-electron chi connectivity index (χ2n) is 1.78. The fourth-order valence-electron chi connectivity index (χ4n) is 0.530. The highest BCUT2D eigenvalue weighted by Crippen LogP contribution is 1.97. The molecule has 0 spiro atoms. The normalized spacial score (nSPS) is 18.4. The number of allylic oxidation sites excluding steroid dienone is 2. The number of hydrogen-bond donors (Lipinski definition) is 1. The van der Waals surface area contributed by atoms with Gasteiger partial charge in [-0.1, -0.05) is 0 Å². The Balaban J connectivity index is 2.87. The molecule has 0 aromatic rings. The van der Waals surface area contributed by atoms with Gasteiger partial charge in [-0.05, 0) is 12.2 Å². The molecule has 0 saturated heterocycles. The molecule has 11 heavy (non-hydrogen) atoms. The van der Waals surface area contributed by atoms with Gasteiger partial charge in [0.1, 0.15) is 0 Å². The van der Waals surface area contributed by atoms with E-state index in [1.54, 1.807) is 12.2 Å². The van der Waals surface area contributed by atoms with Crippen LogP contribution in [0.4, 0.5) is 0 Å². The molecule has 1 rings (SSSR count). The smallest absolute Gasteiger partial charge is 0.356 e. The fraction of sp³-hybridized carbons (Fsp3) is 0. The van der Waals surface area contributed by atoms with Crippen molar-refractivity contribution in [3.8, 4) is 0 Å². The van der Waals surface area contributed by atoms with Crippen molar-refractivity contribution in [2.24, 2.45) is 9.98 Å². The third-order valence-corrected chi connectivity index (χ3v) is 0.999. The molecule has 0 amide bonds. The van der Waals surface area contributed by atoms with Gasteiger partial charge in [0.05, 0.1) is 6.20 Å². The molecule has 0 aromatic carbocycles. The number of hydrogen-bond acceptors (Lipinski definition) is 3. The highest BCUT2D eigenvalue weighted by atomic mass is 16.4. The first kappa shape index (κ1) is 7.40. The van der Waals surface area contributed by atoms with E-state index in [1.807, 2.05) is 0 Å². The van der Waals surface area contributed by atoms with Crippen LogP contribution in [-0.4, -0.2) is 23.5 Å². The van der Waals surface area contributed by atoms with Gasteiger partial charge in [-0.25, -0.2) is 9.79 Å². The molecule has 0 bridgehead atoms. The van der Waals surface area contributed by atoms with Gasteiger partial charge < -0.3 is 5.11 Å². The molecule has 0 saturated carbocycles. The van der Waals surface area contributed by atoms with Crippen LogP contribution < -0.4 is 0 Å². The maximum absolute atomic E-state index is 10.3. The van der Waals surface area contributed by atoms with Gasteiger partial charge in [-0.15, -0.1) is 0 Å². The monoisotopic (exact) mass is 150 g/mol. The topological polar surface area (TPSA) is 62.0 Å². The predicted octanol–water partition coefficient (Wildman–Crippen LogP) is 0.624. The summed E-state index contributed by atoms with van der Waals surface area (Å²) in [5.41, 5.74) is -0.0643. The quantitative estimate of drug-likeness (QED) is 0.595. The number of rotatable bonds is 1. The maximum atomic E-state index is 10.3. The molecule has 56 valence electrons. The van der Waals surface area contributed by atoms with E-state index >= 15 is 0 Å². The summed E-state index contributed by atoms with van der Waals surface area (Å²) < 4.78 is 0. The molecular formula is C7H6N2O2. The molecule has 4 heteroatoms. The fourth-order valence-corrected chi connectivity index (χ4v) is 0.530. The summed E-state index contributed by atoms with van der Waals surface area (Å²) in [5, 5.41) is 8.48. The van der Waals surface area contributed by atoms with Crippen molar-refractivity contribution >= 4 is 18.4 Å². The standard InChI is InChI=1S/C7H6N2O2/c10-7(11)6-5-8-3-1-2-4-9-6/h1-5H,(H,10,11)/b2-1-,3-1?,4-2?,6-5?,8-3?,8-5?,9-4?,9-6?. The molecule has 1 aliphatic rings. The number of carboxylic acid groups (broad SMARTS) is 1. The number of aliphatic imine (C=N–C) groups is 2. The predicted molar refractivity (Wildman–Crippen MR) is 41.8 cm³/mol. The zero-order valence-corrected chi connectivity index (χ0v) is 5.64. The van der Waals surface area contributed by atoms with Crippen molar-refractivity contribution in [3.05, 3.63) is 24.0 Å². The highest BCUT2D eigenvalue weighted by Gasteiger charge is 2.02. The first-order valence-corrected chi connectivity index (χ1v) is 2.96. The molecular weight excluding hydrogens is 144 g/mol. The van der Waals surface area contributed by atoms with Crippen LogP contribution in [0.15, 0.2) is 34.0 Å². The Hall–Kier alpha value is -1.71. The zero-order valence-electron chi connectivity index (χ0n) is 5.64. The first-order chi connectivity index (χ1) is 5.30. The number of nitrogens with zero attached hydrogens (tertiary/aromatic N) is 2. The Morgan fingerprint density at radius 2 is 2.09 bits per heavy atom. The average Bonchev–Trinajstić information content (AvgIpc) is 1.84. The molecule has 0 atom stereocenters. The Morgan fingerprint density at radius 3 is 2.82 bits per heavy atom. The molecule has 0 unspecified atom stereocenters. The molecule has 0 fully saturated rings. The number of carbonyl (C=O) groups is 1. The summed E-state index contributed by atoms with van der Waals surface area (Å²) in [6.07, 6.45) is 7.37. The van der Waals surface area contributed by atoms with E-state index in [2.05, 4.69) is 9.98 Å². The van der Waals surface area contributed by atoms with Gasteiger partial charge in [0.25, 0.3) is 0 Å². The van der Waals surface area contributed by atoms with E-state index in [0.29, 0.717) is 0 Å². The lowest BCUT2D eigenvalue weighted by atomic mass is 10.4. The van der Waals surface area contributed by atoms with Gasteiger partial charge in [-0.2, -0.15) is 0 Å². The van der Waals surface area contributed by atoms with E-state index in [-0.39, 0.29) is 5.70 Å². The van der Waals surface area contributed by atoms with Crippen LogP contribution >= 0.6 is 0 Å². The van der Waals surface area contributed by atoms with Gasteiger partial charge in [0, 0.05) is 12.4 Å². The number of aliphatic carboxylic acids is 1. The first-order valence-electron chi connectivity index (χ1n) is 2.96. The van der Waals surface area contributed by atoms with Crippen molar-refractivity contribution in [2.75, 3.05) is 0 Å². The van der Waals surface area contributed by atoms with Gasteiger partial charge in [0.15, 0.2) is 5.70 Å². The average molecular weight is 150 g/mol. The van der Waals surface area contributed by atoms with Crippen LogP contribution in [0.1, 0.15) is 0 Å². The van der Waals surface area contributed by atoms with Crippen molar-refractivity contribution in [3.63, 3.8) is 0 Å². The van der Waals surface area contributed by atoms with Crippen molar-refractivity contribution < 1.29 is 9.90 Å². The van der Waals surface area contributed by atoms with E-state index in [4.69, 9.17) is 5.11 Å². The van der Waals surface area contributed by atoms with E-state index in [9.17, 15) is 4.79 Å². The summed E-state index contributed by atoms with van der Waals surface area (Å²) in [6.45, 7) is 0. The van der Waals surface area contributed by atoms with Crippen LogP contribution in [-0.2, 0) is 4.79 Å². The van der Waals surface area contributed by atoms with Crippen LogP contribution in [0.5, 0.6) is 0 Å². The lowest BCUT2D eigenvalue weighted by Gasteiger charge is -1.91. The van der Waals surface area contributed by atoms with E-state index in [0.717, 1.165) is 0 Å². The Labute approximate surface area is 63.3 Å². The lowest BCUT2D eigenvalue weighted by Crippen LogP contribution is -1.97. The molecule has 0 aromatic heterocycles. The maximum Gasteiger partial charge on any atom is 0.356 e. The molecule has 1 heterocycles. The SMILES string of the molecule is O=C(O)C1=CN=C/C=C\C=N1. The minimum atomic E-state index is -1.08. The van der Waals surface area contributed by atoms with Crippen LogP contribution in [0.2, 0.25) is 0 Å². The lowest BCUT2D eigenvalue weighted by molar-refractivity contribution is -0.132. The third kappa shape index (κ3) is 2.17. The molecule has 1 N–H and O–H groups in total. The summed E-state index contributed by atoms with van der Waals surface area (Å²) in [5.74, 6) is -1.08. The van der Waals surface area contributed by atoms with Gasteiger partial charge in [0.2, 0.25) is 0 Å². The molecule has 1 aliphatic heterocycles. The summed E-state index contributed by atoms with van der Waals surface area (Å²) >= 11 is 0. The second kappa shape index (κ2) is 3.46. The van der Waals surface area contributed by atoms with E-state index in [1.165, 1.54) is 18.6 Å². The largest absolute Gasteiger partial charge is 0.476 e. The summed E-state index contributed by atoms with van der Waals surface area (Å²) in [6, 6.07) is 0. The summed E-state index contributed by atoms with van der Waals surface area (Å²) in [7, 11) is 0. The van der Waals surface area contributed by atoms with Crippen LogP contribution in [0.3, 0.4) is 0 Å². The van der Waals surface area contributed by atoms with Crippen molar-refractivity contribution in [1.82, 2.24) is 0 Å². The van der Waals surface area contributed by atoms with Crippen molar-refractivity contribution in [2.45, 2.75) is 0 Å². The Kier molecular flexibility index (Phi) is 2.32. The molecule has 0 aliphatic carbocycles. The number of carboxylic acids is 1. The Morgan fingerprint density at radius 1 is 1.36 bits per heavy atom. The third-order valence-electron chi connectivity index (χ3n) is 0.999.